The van der Waals surface area contributed by atoms with Crippen molar-refractivity contribution in [2.24, 2.45) is 5.73 Å². The topological polar surface area (TPSA) is 167 Å². The summed E-state index contributed by atoms with van der Waals surface area (Å²) in [6, 6.07) is 23.2. The van der Waals surface area contributed by atoms with E-state index in [0.29, 0.717) is 63.5 Å². The number of urea groups is 1. The number of carbonyl (C=O) groups excluding carboxylic acids is 1. The molecule has 1 saturated heterocycles. The molecule has 3 heterocycles. The van der Waals surface area contributed by atoms with E-state index < -0.39 is 0 Å². The highest BCUT2D eigenvalue weighted by Crippen LogP contribution is 2.39. The maximum atomic E-state index is 13.1. The number of nitrogens with two attached hydrogens (primary N) is 1. The first kappa shape index (κ1) is 45.5. The van der Waals surface area contributed by atoms with E-state index in [0.717, 1.165) is 80.3 Å². The third-order valence-electron chi connectivity index (χ3n) is 12.3. The number of hydrogen-bond acceptors (Lipinski definition) is 11. The molecule has 3 N–H and O–H groups in total. The van der Waals surface area contributed by atoms with Gasteiger partial charge in [-0.2, -0.15) is 9.97 Å². The third-order valence-corrected chi connectivity index (χ3v) is 12.3. The quantitative estimate of drug-likeness (QED) is 0.126. The Kier molecular flexibility index (Phi) is 13.8. The van der Waals surface area contributed by atoms with E-state index in [1.165, 1.54) is 11.1 Å². The number of carbonyl (C=O) groups is 1. The Hall–Kier alpha value is -7.07. The molecule has 2 aromatic heterocycles. The van der Waals surface area contributed by atoms with E-state index >= 15 is 0 Å². The van der Waals surface area contributed by atoms with Crippen LogP contribution in [0, 0.1) is 13.1 Å². The zero-order chi connectivity index (χ0) is 46.5. The molecule has 9 rings (SSSR count). The van der Waals surface area contributed by atoms with Gasteiger partial charge in [0, 0.05) is 47.4 Å². The van der Waals surface area contributed by atoms with Crippen molar-refractivity contribution in [1.29, 1.82) is 0 Å². The summed E-state index contributed by atoms with van der Waals surface area (Å²) in [6.07, 6.45) is 6.73. The minimum Gasteiger partial charge on any atom is -0.502 e. The molecule has 2 amide bonds. The van der Waals surface area contributed by atoms with Crippen LogP contribution < -0.4 is 20.5 Å². The van der Waals surface area contributed by atoms with Crippen LogP contribution in [-0.4, -0.2) is 81.5 Å². The Bertz CT molecular complexity index is 2780. The van der Waals surface area contributed by atoms with Gasteiger partial charge in [-0.1, -0.05) is 46.7 Å². The first-order valence-electron chi connectivity index (χ1n) is 22.7. The Balaban J connectivity index is 0.000000188. The number of nitrogens with zero attached hydrogens (tertiary/aromatic N) is 8. The molecule has 15 heteroatoms. The van der Waals surface area contributed by atoms with Gasteiger partial charge >= 0.3 is 6.03 Å². The lowest BCUT2D eigenvalue weighted by atomic mass is 9.84. The molecule has 15 nitrogen and oxygen atoms in total. The van der Waals surface area contributed by atoms with Gasteiger partial charge in [0.1, 0.15) is 11.5 Å². The normalized spacial score (nSPS) is 17.6. The number of fused-ring (bicyclic) bond motifs is 2. The van der Waals surface area contributed by atoms with Crippen LogP contribution in [0.5, 0.6) is 11.5 Å². The second-order valence-electron chi connectivity index (χ2n) is 17.8. The van der Waals surface area contributed by atoms with Crippen LogP contribution in [0.25, 0.3) is 55.4 Å². The van der Waals surface area contributed by atoms with Crippen molar-refractivity contribution >= 4 is 17.4 Å². The summed E-state index contributed by atoms with van der Waals surface area (Å²) in [7, 11) is 4.13. The fourth-order valence-corrected chi connectivity index (χ4v) is 8.97. The molecule has 1 aliphatic heterocycles. The van der Waals surface area contributed by atoms with E-state index in [1.54, 1.807) is 24.3 Å². The number of amides is 2. The van der Waals surface area contributed by atoms with Crippen LogP contribution in [0.15, 0.2) is 81.8 Å². The van der Waals surface area contributed by atoms with E-state index in [4.69, 9.17) is 37.4 Å². The molecule has 6 aromatic rings. The smallest absolute Gasteiger partial charge is 0.317 e. The van der Waals surface area contributed by atoms with Crippen molar-refractivity contribution in [3.8, 4) is 57.2 Å². The van der Waals surface area contributed by atoms with E-state index in [-0.39, 0.29) is 30.3 Å². The highest BCUT2D eigenvalue weighted by atomic mass is 16.5. The number of likely N-dealkylation sites (tertiary alicyclic amines) is 1. The summed E-state index contributed by atoms with van der Waals surface area (Å²) in [6.45, 7) is 24.2. The molecule has 0 spiro atoms. The first-order valence-corrected chi connectivity index (χ1v) is 22.7. The Morgan fingerprint density at radius 3 is 1.82 bits per heavy atom. The number of hydrogen-bond donors (Lipinski definition) is 2. The number of ether oxygens (including phenoxy) is 2. The number of likely N-dealkylation sites (N-methyl/N-ethyl adjacent to an activating group) is 1. The standard InChI is InChI=1S/C29H34N6O3.C22H22N4O2/c1-18(2)37-26-13-12-19(16-25(26)30-3)28-32-27(33-38-28)23-10-6-9-22-21(23)8-7-11-24(22)31-29(36)35-15-14-20(17-35)34(4)5;1-13(2)27-20-11-10-14(12-19(20)24-3)22-25-21(26-28-22)17-8-4-7-16-15(17)6-5-9-18(16)23/h6,9-10,12-13,16,18,20,24H,7-8,11,14-15,17H2,1-2,4-5H3,(H,31,36);4,7-8,10-13,18H,5-6,9,23H2,1-2H3/t20-,24+;18-/m01/s1. The average Bonchev–Trinajstić information content (AvgIpc) is 4.12. The lowest BCUT2D eigenvalue weighted by molar-refractivity contribution is 0.198. The molecule has 3 atom stereocenters. The van der Waals surface area contributed by atoms with E-state index in [9.17, 15) is 4.79 Å². The van der Waals surface area contributed by atoms with Crippen LogP contribution in [0.4, 0.5) is 16.2 Å². The maximum Gasteiger partial charge on any atom is 0.317 e. The first-order chi connectivity index (χ1) is 31.9. The second-order valence-corrected chi connectivity index (χ2v) is 17.8. The predicted octanol–water partition coefficient (Wildman–Crippen LogP) is 10.5. The van der Waals surface area contributed by atoms with Crippen molar-refractivity contribution in [2.45, 2.75) is 103 Å². The van der Waals surface area contributed by atoms with Crippen molar-refractivity contribution in [3.05, 3.63) is 118 Å². The van der Waals surface area contributed by atoms with Crippen molar-refractivity contribution in [2.75, 3.05) is 27.2 Å². The number of rotatable bonds is 10. The van der Waals surface area contributed by atoms with Crippen LogP contribution in [0.2, 0.25) is 0 Å². The monoisotopic (exact) mass is 888 g/mol. The second kappa shape index (κ2) is 20.0. The largest absolute Gasteiger partial charge is 0.502 e. The molecule has 66 heavy (non-hydrogen) atoms. The predicted molar refractivity (Wildman–Crippen MR) is 252 cm³/mol. The van der Waals surface area contributed by atoms with E-state index in [1.807, 2.05) is 69.0 Å². The van der Waals surface area contributed by atoms with E-state index in [2.05, 4.69) is 66.4 Å². The third kappa shape index (κ3) is 9.93. The number of benzene rings is 4. The highest BCUT2D eigenvalue weighted by Gasteiger charge is 2.31. The highest BCUT2D eigenvalue weighted by molar-refractivity contribution is 5.76. The molecule has 0 bridgehead atoms. The lowest BCUT2D eigenvalue weighted by Gasteiger charge is -2.29. The summed E-state index contributed by atoms with van der Waals surface area (Å²) < 4.78 is 22.5. The molecule has 4 aromatic carbocycles. The van der Waals surface area contributed by atoms with Gasteiger partial charge in [0.2, 0.25) is 23.0 Å². The molecule has 0 unspecified atom stereocenters. The van der Waals surface area contributed by atoms with Crippen LogP contribution in [-0.2, 0) is 12.8 Å². The summed E-state index contributed by atoms with van der Waals surface area (Å²) in [5.41, 5.74) is 15.0. The van der Waals surface area contributed by atoms with Gasteiger partial charge in [0.05, 0.1) is 31.4 Å². The minimum absolute atomic E-state index is 0.0000411. The minimum atomic E-state index is -0.0503. The Morgan fingerprint density at radius 1 is 0.773 bits per heavy atom. The molecular formula is C51H56N10O5. The van der Waals surface area contributed by atoms with Gasteiger partial charge in [-0.05, 0) is 145 Å². The van der Waals surface area contributed by atoms with Gasteiger partial charge in [-0.15, -0.1) is 0 Å². The molecule has 340 valence electrons. The molecule has 0 saturated carbocycles. The number of aromatic nitrogens is 4. The zero-order valence-electron chi connectivity index (χ0n) is 38.4. The lowest BCUT2D eigenvalue weighted by Crippen LogP contribution is -2.42. The fourth-order valence-electron chi connectivity index (χ4n) is 8.97. The molecule has 1 fully saturated rings. The average molecular weight is 889 g/mol. The fraction of sp³-hybridized carbons (Fsp3) is 0.392. The van der Waals surface area contributed by atoms with Gasteiger partial charge in [0.25, 0.3) is 11.8 Å². The van der Waals surface area contributed by atoms with Crippen molar-refractivity contribution in [1.82, 2.24) is 35.4 Å². The van der Waals surface area contributed by atoms with Crippen LogP contribution >= 0.6 is 0 Å². The summed E-state index contributed by atoms with van der Waals surface area (Å²) in [5.74, 6) is 2.88. The number of nitrogens with one attached hydrogen (secondary N) is 1. The molecule has 3 aliphatic rings. The molecular weight excluding hydrogens is 833 g/mol. The summed E-state index contributed by atoms with van der Waals surface area (Å²) in [5, 5.41) is 11.7. The van der Waals surface area contributed by atoms with Crippen molar-refractivity contribution in [3.63, 3.8) is 0 Å². The van der Waals surface area contributed by atoms with Crippen LogP contribution in [0.1, 0.15) is 94.1 Å². The summed E-state index contributed by atoms with van der Waals surface area (Å²) in [4.78, 5) is 33.6. The molecule has 0 radical (unpaired) electrons. The maximum absolute atomic E-state index is 13.1. The van der Waals surface area contributed by atoms with Gasteiger partial charge < -0.3 is 39.4 Å². The van der Waals surface area contributed by atoms with Gasteiger partial charge in [0.15, 0.2) is 0 Å². The van der Waals surface area contributed by atoms with Crippen molar-refractivity contribution < 1.29 is 23.3 Å². The van der Waals surface area contributed by atoms with Gasteiger partial charge in [-0.25, -0.2) is 14.5 Å². The Labute approximate surface area is 385 Å². The summed E-state index contributed by atoms with van der Waals surface area (Å²) >= 11 is 0. The zero-order valence-corrected chi connectivity index (χ0v) is 38.4. The van der Waals surface area contributed by atoms with Crippen LogP contribution in [0.3, 0.4) is 0 Å². The molecule has 2 aliphatic carbocycles. The SMILES string of the molecule is [C-]#[N+]c1cc(-c2nc(-c3cccc4c3CCC[C@H]4N)no2)ccc1OC(C)C.[C-]#[N+]c1cc(-c2nc(-c3cccc4c3CCC[C@H]4NC(=O)N3CC[C@H](N(C)C)C3)no2)ccc1OC(C)C. The Morgan fingerprint density at radius 2 is 1.30 bits per heavy atom. The van der Waals surface area contributed by atoms with Gasteiger partial charge in [-0.3, -0.25) is 0 Å².